The highest BCUT2D eigenvalue weighted by Gasteiger charge is 2.30. The molecule has 0 radical (unpaired) electrons. The maximum atomic E-state index is 12.1. The summed E-state index contributed by atoms with van der Waals surface area (Å²) in [6.45, 7) is 1.15. The average molecular weight is 253 g/mol. The molecule has 2 aliphatic rings. The van der Waals surface area contributed by atoms with Gasteiger partial charge < -0.3 is 16.4 Å². The molecule has 102 valence electrons. The molecule has 1 heterocycles. The van der Waals surface area contributed by atoms with Crippen LogP contribution in [0.3, 0.4) is 0 Å². The minimum atomic E-state index is 0.0702. The van der Waals surface area contributed by atoms with E-state index in [1.807, 2.05) is 0 Å². The Labute approximate surface area is 108 Å². The van der Waals surface area contributed by atoms with Gasteiger partial charge >= 0.3 is 0 Å². The van der Waals surface area contributed by atoms with Gasteiger partial charge in [-0.2, -0.15) is 0 Å². The summed E-state index contributed by atoms with van der Waals surface area (Å²) in [5.74, 6) is 0.607. The first-order valence-corrected chi connectivity index (χ1v) is 6.98. The molecule has 0 aromatic carbocycles. The fourth-order valence-electron chi connectivity index (χ4n) is 3.02. The van der Waals surface area contributed by atoms with E-state index >= 15 is 0 Å². The van der Waals surface area contributed by atoms with Crippen molar-refractivity contribution >= 4 is 11.8 Å². The molecule has 18 heavy (non-hydrogen) atoms. The van der Waals surface area contributed by atoms with Crippen LogP contribution in [0.5, 0.6) is 0 Å². The number of hydrogen-bond donors (Lipinski definition) is 3. The van der Waals surface area contributed by atoms with E-state index in [1.54, 1.807) is 0 Å². The minimum Gasteiger partial charge on any atom is -0.354 e. The Hall–Kier alpha value is -1.10. The first-order chi connectivity index (χ1) is 8.70. The normalized spacial score (nSPS) is 32.1. The zero-order valence-corrected chi connectivity index (χ0v) is 10.8. The fourth-order valence-corrected chi connectivity index (χ4v) is 3.02. The maximum Gasteiger partial charge on any atom is 0.223 e. The second-order valence-corrected chi connectivity index (χ2v) is 5.43. The third-order valence-electron chi connectivity index (χ3n) is 4.16. The van der Waals surface area contributed by atoms with Crippen molar-refractivity contribution in [2.45, 2.75) is 44.6 Å². The predicted octanol–water partition coefficient (Wildman–Crippen LogP) is 0.146. The van der Waals surface area contributed by atoms with Crippen molar-refractivity contribution in [1.82, 2.24) is 10.6 Å². The van der Waals surface area contributed by atoms with E-state index < -0.39 is 0 Å². The zero-order chi connectivity index (χ0) is 13.0. The molecule has 3 unspecified atom stereocenters. The quantitative estimate of drug-likeness (QED) is 0.666. The Balaban J connectivity index is 1.77. The Morgan fingerprint density at radius 2 is 2.11 bits per heavy atom. The van der Waals surface area contributed by atoms with Crippen molar-refractivity contribution in [3.8, 4) is 0 Å². The van der Waals surface area contributed by atoms with Crippen molar-refractivity contribution in [1.29, 1.82) is 0 Å². The molecule has 1 aliphatic carbocycles. The van der Waals surface area contributed by atoms with Crippen molar-refractivity contribution in [2.24, 2.45) is 17.6 Å². The van der Waals surface area contributed by atoms with E-state index in [-0.39, 0.29) is 23.8 Å². The summed E-state index contributed by atoms with van der Waals surface area (Å²) in [5.41, 5.74) is 5.73. The molecular formula is C13H23N3O2. The number of carbonyl (C=O) groups is 2. The SMILES string of the molecule is NCC1CCCCC1C(=O)NCC1CCC(=O)N1. The molecule has 4 N–H and O–H groups in total. The molecule has 0 aromatic rings. The van der Waals surface area contributed by atoms with Crippen LogP contribution in [-0.4, -0.2) is 30.9 Å². The van der Waals surface area contributed by atoms with Crippen LogP contribution < -0.4 is 16.4 Å². The van der Waals surface area contributed by atoms with E-state index in [9.17, 15) is 9.59 Å². The summed E-state index contributed by atoms with van der Waals surface area (Å²) in [4.78, 5) is 23.2. The molecule has 1 saturated carbocycles. The van der Waals surface area contributed by atoms with E-state index in [4.69, 9.17) is 5.73 Å². The Morgan fingerprint density at radius 1 is 1.33 bits per heavy atom. The molecule has 0 bridgehead atoms. The van der Waals surface area contributed by atoms with Crippen LogP contribution in [0.2, 0.25) is 0 Å². The van der Waals surface area contributed by atoms with E-state index in [2.05, 4.69) is 10.6 Å². The van der Waals surface area contributed by atoms with Crippen LogP contribution >= 0.6 is 0 Å². The number of carbonyl (C=O) groups excluding carboxylic acids is 2. The van der Waals surface area contributed by atoms with Gasteiger partial charge in [-0.1, -0.05) is 12.8 Å². The smallest absolute Gasteiger partial charge is 0.223 e. The van der Waals surface area contributed by atoms with Gasteiger partial charge in [-0.3, -0.25) is 9.59 Å². The van der Waals surface area contributed by atoms with Gasteiger partial charge in [0.15, 0.2) is 0 Å². The van der Waals surface area contributed by atoms with Crippen LogP contribution in [0, 0.1) is 11.8 Å². The zero-order valence-electron chi connectivity index (χ0n) is 10.8. The predicted molar refractivity (Wildman–Crippen MR) is 68.7 cm³/mol. The highest BCUT2D eigenvalue weighted by atomic mass is 16.2. The molecule has 2 fully saturated rings. The van der Waals surface area contributed by atoms with Gasteiger partial charge in [0.2, 0.25) is 11.8 Å². The third kappa shape index (κ3) is 3.22. The molecule has 0 aromatic heterocycles. The lowest BCUT2D eigenvalue weighted by atomic mass is 9.79. The highest BCUT2D eigenvalue weighted by Crippen LogP contribution is 2.29. The van der Waals surface area contributed by atoms with E-state index in [0.717, 1.165) is 25.7 Å². The number of amides is 2. The minimum absolute atomic E-state index is 0.0702. The van der Waals surface area contributed by atoms with Gasteiger partial charge in [-0.05, 0) is 31.7 Å². The molecule has 0 spiro atoms. The van der Waals surface area contributed by atoms with E-state index in [1.165, 1.54) is 6.42 Å². The molecular weight excluding hydrogens is 230 g/mol. The average Bonchev–Trinajstić information content (AvgIpc) is 2.81. The van der Waals surface area contributed by atoms with Crippen molar-refractivity contribution in [2.75, 3.05) is 13.1 Å². The second-order valence-electron chi connectivity index (χ2n) is 5.43. The second kappa shape index (κ2) is 6.18. The Morgan fingerprint density at radius 3 is 2.78 bits per heavy atom. The third-order valence-corrected chi connectivity index (χ3v) is 4.16. The first-order valence-electron chi connectivity index (χ1n) is 6.98. The van der Waals surface area contributed by atoms with Crippen LogP contribution in [0.1, 0.15) is 38.5 Å². The first kappa shape index (κ1) is 13.3. The van der Waals surface area contributed by atoms with Gasteiger partial charge in [0, 0.05) is 24.9 Å². The standard InChI is InChI=1S/C13H23N3O2/c14-7-9-3-1-2-4-11(9)13(18)15-8-10-5-6-12(17)16-10/h9-11H,1-8,14H2,(H,15,18)(H,16,17). The molecule has 1 aliphatic heterocycles. The van der Waals surface area contributed by atoms with Crippen LogP contribution in [-0.2, 0) is 9.59 Å². The van der Waals surface area contributed by atoms with Crippen LogP contribution in [0.15, 0.2) is 0 Å². The summed E-state index contributed by atoms with van der Waals surface area (Å²) < 4.78 is 0. The Bertz CT molecular complexity index is 319. The summed E-state index contributed by atoms with van der Waals surface area (Å²) in [5, 5.41) is 5.83. The topological polar surface area (TPSA) is 84.2 Å². The van der Waals surface area contributed by atoms with Gasteiger partial charge in [0.1, 0.15) is 0 Å². The summed E-state index contributed by atoms with van der Waals surface area (Å²) in [7, 11) is 0. The number of nitrogens with one attached hydrogen (secondary N) is 2. The van der Waals surface area contributed by atoms with E-state index in [0.29, 0.717) is 25.4 Å². The molecule has 1 saturated heterocycles. The number of hydrogen-bond acceptors (Lipinski definition) is 3. The lowest BCUT2D eigenvalue weighted by molar-refractivity contribution is -0.128. The molecule has 5 heteroatoms. The van der Waals surface area contributed by atoms with Crippen molar-refractivity contribution < 1.29 is 9.59 Å². The number of rotatable bonds is 4. The summed E-state index contributed by atoms with van der Waals surface area (Å²) >= 11 is 0. The maximum absolute atomic E-state index is 12.1. The van der Waals surface area contributed by atoms with Gasteiger partial charge in [0.05, 0.1) is 0 Å². The molecule has 3 atom stereocenters. The highest BCUT2D eigenvalue weighted by molar-refractivity contribution is 5.80. The van der Waals surface area contributed by atoms with Gasteiger partial charge in [0.25, 0.3) is 0 Å². The van der Waals surface area contributed by atoms with Crippen LogP contribution in [0.25, 0.3) is 0 Å². The molecule has 2 rings (SSSR count). The van der Waals surface area contributed by atoms with Crippen LogP contribution in [0.4, 0.5) is 0 Å². The van der Waals surface area contributed by atoms with Crippen molar-refractivity contribution in [3.05, 3.63) is 0 Å². The lowest BCUT2D eigenvalue weighted by Gasteiger charge is -2.29. The molecule has 2 amide bonds. The number of nitrogens with two attached hydrogens (primary N) is 1. The van der Waals surface area contributed by atoms with Gasteiger partial charge in [-0.15, -0.1) is 0 Å². The van der Waals surface area contributed by atoms with Crippen molar-refractivity contribution in [3.63, 3.8) is 0 Å². The monoisotopic (exact) mass is 253 g/mol. The van der Waals surface area contributed by atoms with Gasteiger partial charge in [-0.25, -0.2) is 0 Å². The Kier molecular flexibility index (Phi) is 4.58. The fraction of sp³-hybridized carbons (Fsp3) is 0.846. The molecule has 5 nitrogen and oxygen atoms in total. The summed E-state index contributed by atoms with van der Waals surface area (Å²) in [6.07, 6.45) is 5.72. The summed E-state index contributed by atoms with van der Waals surface area (Å²) in [6, 6.07) is 0.112. The lowest BCUT2D eigenvalue weighted by Crippen LogP contribution is -2.44. The largest absolute Gasteiger partial charge is 0.354 e.